The Morgan fingerprint density at radius 1 is 1.60 bits per heavy atom. The Morgan fingerprint density at radius 3 is 3.10 bits per heavy atom. The average Bonchev–Trinajstić information content (AvgIpc) is 2.03. The molecule has 60 valence electrons. The van der Waals surface area contributed by atoms with E-state index >= 15 is 0 Å². The first-order valence-corrected chi connectivity index (χ1v) is 4.24. The van der Waals surface area contributed by atoms with Crippen LogP contribution in [0.1, 0.15) is 26.2 Å². The second kappa shape index (κ2) is 4.69. The topological polar surface area (TPSA) is 21.3 Å². The SMILES string of the molecule is CCCC[C@H]1COCCN1. The summed E-state index contributed by atoms with van der Waals surface area (Å²) in [6.07, 6.45) is 3.88. The first-order valence-electron chi connectivity index (χ1n) is 4.24. The van der Waals surface area contributed by atoms with Gasteiger partial charge in [0.05, 0.1) is 13.2 Å². The third-order valence-corrected chi connectivity index (χ3v) is 1.90. The molecule has 1 aliphatic heterocycles. The number of nitrogens with one attached hydrogen (secondary N) is 1. The van der Waals surface area contributed by atoms with Crippen LogP contribution in [0, 0.1) is 0 Å². The molecule has 0 unspecified atom stereocenters. The highest BCUT2D eigenvalue weighted by atomic mass is 16.5. The van der Waals surface area contributed by atoms with Crippen molar-refractivity contribution in [2.24, 2.45) is 0 Å². The van der Waals surface area contributed by atoms with E-state index in [0.717, 1.165) is 19.8 Å². The van der Waals surface area contributed by atoms with Gasteiger partial charge in [-0.05, 0) is 6.42 Å². The van der Waals surface area contributed by atoms with Crippen molar-refractivity contribution in [3.05, 3.63) is 0 Å². The smallest absolute Gasteiger partial charge is 0.0620 e. The van der Waals surface area contributed by atoms with Gasteiger partial charge in [0, 0.05) is 12.6 Å². The second-order valence-electron chi connectivity index (χ2n) is 2.87. The Bertz CT molecular complexity index is 79.3. The molecule has 0 aromatic heterocycles. The molecule has 10 heavy (non-hydrogen) atoms. The first-order chi connectivity index (χ1) is 4.93. The summed E-state index contributed by atoms with van der Waals surface area (Å²) in [6.45, 7) is 5.07. The maximum Gasteiger partial charge on any atom is 0.0620 e. The van der Waals surface area contributed by atoms with E-state index in [0.29, 0.717) is 6.04 Å². The molecule has 1 atom stereocenters. The summed E-state index contributed by atoms with van der Waals surface area (Å²) in [7, 11) is 0. The molecule has 0 bridgehead atoms. The highest BCUT2D eigenvalue weighted by Gasteiger charge is 2.10. The van der Waals surface area contributed by atoms with Crippen LogP contribution in [0.25, 0.3) is 0 Å². The van der Waals surface area contributed by atoms with Crippen LogP contribution >= 0.6 is 0 Å². The summed E-state index contributed by atoms with van der Waals surface area (Å²) in [5.41, 5.74) is 0. The largest absolute Gasteiger partial charge is 0.379 e. The molecule has 0 saturated carbocycles. The zero-order chi connectivity index (χ0) is 7.23. The zero-order valence-electron chi connectivity index (χ0n) is 6.73. The average molecular weight is 143 g/mol. The molecule has 0 spiro atoms. The van der Waals surface area contributed by atoms with E-state index in [1.165, 1.54) is 19.3 Å². The Hall–Kier alpha value is -0.0800. The van der Waals surface area contributed by atoms with Crippen LogP contribution in [0.15, 0.2) is 0 Å². The van der Waals surface area contributed by atoms with E-state index in [1.54, 1.807) is 0 Å². The number of hydrogen-bond donors (Lipinski definition) is 1. The van der Waals surface area contributed by atoms with Crippen molar-refractivity contribution in [3.63, 3.8) is 0 Å². The van der Waals surface area contributed by atoms with E-state index in [1.807, 2.05) is 0 Å². The number of rotatable bonds is 3. The molecule has 0 radical (unpaired) electrons. The predicted molar refractivity (Wildman–Crippen MR) is 42.1 cm³/mol. The van der Waals surface area contributed by atoms with Crippen molar-refractivity contribution in [1.29, 1.82) is 0 Å². The van der Waals surface area contributed by atoms with Gasteiger partial charge in [-0.25, -0.2) is 0 Å². The van der Waals surface area contributed by atoms with Crippen molar-refractivity contribution >= 4 is 0 Å². The van der Waals surface area contributed by atoms with Crippen LogP contribution in [-0.2, 0) is 4.74 Å². The second-order valence-corrected chi connectivity index (χ2v) is 2.87. The van der Waals surface area contributed by atoms with E-state index in [2.05, 4.69) is 12.2 Å². The lowest BCUT2D eigenvalue weighted by Gasteiger charge is -2.23. The fourth-order valence-corrected chi connectivity index (χ4v) is 1.26. The van der Waals surface area contributed by atoms with E-state index in [-0.39, 0.29) is 0 Å². The Balaban J connectivity index is 2.02. The Kier molecular flexibility index (Phi) is 3.76. The summed E-state index contributed by atoms with van der Waals surface area (Å²) >= 11 is 0. The third-order valence-electron chi connectivity index (χ3n) is 1.90. The number of ether oxygens (including phenoxy) is 1. The van der Waals surface area contributed by atoms with Gasteiger partial charge in [-0.1, -0.05) is 19.8 Å². The van der Waals surface area contributed by atoms with Crippen LogP contribution in [0.5, 0.6) is 0 Å². The molecule has 1 N–H and O–H groups in total. The van der Waals surface area contributed by atoms with Gasteiger partial charge in [0.1, 0.15) is 0 Å². The van der Waals surface area contributed by atoms with E-state index in [4.69, 9.17) is 4.74 Å². The minimum Gasteiger partial charge on any atom is -0.379 e. The molecular weight excluding hydrogens is 126 g/mol. The maximum atomic E-state index is 5.32. The van der Waals surface area contributed by atoms with Crippen molar-refractivity contribution in [2.75, 3.05) is 19.8 Å². The standard InChI is InChI=1S/C8H17NO/c1-2-3-4-8-7-10-6-5-9-8/h8-9H,2-7H2,1H3/t8-/m0/s1. The molecule has 0 aromatic rings. The van der Waals surface area contributed by atoms with Gasteiger partial charge in [-0.3, -0.25) is 0 Å². The van der Waals surface area contributed by atoms with Gasteiger partial charge < -0.3 is 10.1 Å². The normalized spacial score (nSPS) is 26.7. The molecule has 1 saturated heterocycles. The molecule has 2 heteroatoms. The summed E-state index contributed by atoms with van der Waals surface area (Å²) in [4.78, 5) is 0. The van der Waals surface area contributed by atoms with Crippen LogP contribution < -0.4 is 5.32 Å². The van der Waals surface area contributed by atoms with Gasteiger partial charge >= 0.3 is 0 Å². The van der Waals surface area contributed by atoms with Crippen molar-refractivity contribution in [3.8, 4) is 0 Å². The number of hydrogen-bond acceptors (Lipinski definition) is 2. The molecular formula is C8H17NO. The zero-order valence-corrected chi connectivity index (χ0v) is 6.73. The minimum absolute atomic E-state index is 0.633. The van der Waals surface area contributed by atoms with Crippen LogP contribution in [0.2, 0.25) is 0 Å². The van der Waals surface area contributed by atoms with Crippen LogP contribution in [0.4, 0.5) is 0 Å². The number of morpholine rings is 1. The summed E-state index contributed by atoms with van der Waals surface area (Å²) < 4.78 is 5.32. The summed E-state index contributed by atoms with van der Waals surface area (Å²) in [5.74, 6) is 0. The van der Waals surface area contributed by atoms with E-state index in [9.17, 15) is 0 Å². The van der Waals surface area contributed by atoms with Crippen molar-refractivity contribution in [1.82, 2.24) is 5.32 Å². The van der Waals surface area contributed by atoms with Gasteiger partial charge in [0.25, 0.3) is 0 Å². The lowest BCUT2D eigenvalue weighted by molar-refractivity contribution is 0.0735. The highest BCUT2D eigenvalue weighted by Crippen LogP contribution is 2.03. The van der Waals surface area contributed by atoms with Gasteiger partial charge in [-0.2, -0.15) is 0 Å². The first kappa shape index (κ1) is 8.02. The third kappa shape index (κ3) is 2.67. The highest BCUT2D eigenvalue weighted by molar-refractivity contribution is 4.69. The molecule has 0 aromatic carbocycles. The lowest BCUT2D eigenvalue weighted by atomic mass is 10.1. The fourth-order valence-electron chi connectivity index (χ4n) is 1.26. The maximum absolute atomic E-state index is 5.32. The Labute approximate surface area is 63.0 Å². The minimum atomic E-state index is 0.633. The molecule has 1 aliphatic rings. The monoisotopic (exact) mass is 143 g/mol. The van der Waals surface area contributed by atoms with Crippen molar-refractivity contribution < 1.29 is 4.74 Å². The van der Waals surface area contributed by atoms with Gasteiger partial charge in [0.2, 0.25) is 0 Å². The Morgan fingerprint density at radius 2 is 2.50 bits per heavy atom. The molecule has 1 heterocycles. The predicted octanol–water partition coefficient (Wildman–Crippen LogP) is 1.17. The molecule has 0 amide bonds. The van der Waals surface area contributed by atoms with Crippen molar-refractivity contribution in [2.45, 2.75) is 32.2 Å². The molecule has 0 aliphatic carbocycles. The van der Waals surface area contributed by atoms with Gasteiger partial charge in [-0.15, -0.1) is 0 Å². The van der Waals surface area contributed by atoms with Crippen LogP contribution in [0.3, 0.4) is 0 Å². The summed E-state index contributed by atoms with van der Waals surface area (Å²) in [6, 6.07) is 0.633. The lowest BCUT2D eigenvalue weighted by Crippen LogP contribution is -2.40. The molecule has 1 fully saturated rings. The quantitative estimate of drug-likeness (QED) is 0.640. The van der Waals surface area contributed by atoms with Gasteiger partial charge in [0.15, 0.2) is 0 Å². The summed E-state index contributed by atoms with van der Waals surface area (Å²) in [5, 5.41) is 3.43. The van der Waals surface area contributed by atoms with E-state index < -0.39 is 0 Å². The molecule has 2 nitrogen and oxygen atoms in total. The number of unbranched alkanes of at least 4 members (excludes halogenated alkanes) is 1. The molecule has 1 rings (SSSR count). The fraction of sp³-hybridized carbons (Fsp3) is 1.00. The van der Waals surface area contributed by atoms with Crippen LogP contribution in [-0.4, -0.2) is 25.8 Å².